The van der Waals surface area contributed by atoms with Crippen molar-refractivity contribution in [2.45, 2.75) is 58.8 Å². The standard InChI is InChI=1S/C15H24F2O3Si/c1-11(2)19-21(18,20-12(3)4)9-5-6-13-7-8-14(16)15(17)10-13/h7-8,10-12,18H,5-6,9H2,1-4H3. The van der Waals surface area contributed by atoms with E-state index in [9.17, 15) is 13.6 Å². The minimum absolute atomic E-state index is 0.122. The van der Waals surface area contributed by atoms with Crippen LogP contribution in [-0.2, 0) is 15.3 Å². The van der Waals surface area contributed by atoms with Gasteiger partial charge in [0.1, 0.15) is 0 Å². The lowest BCUT2D eigenvalue weighted by atomic mass is 10.1. The molecular formula is C15H24F2O3Si. The van der Waals surface area contributed by atoms with Gasteiger partial charge < -0.3 is 13.6 Å². The maximum Gasteiger partial charge on any atom is 0.498 e. The van der Waals surface area contributed by atoms with E-state index in [0.717, 1.165) is 6.07 Å². The van der Waals surface area contributed by atoms with Gasteiger partial charge in [0, 0.05) is 18.3 Å². The van der Waals surface area contributed by atoms with Gasteiger partial charge in [0.2, 0.25) is 0 Å². The van der Waals surface area contributed by atoms with Crippen LogP contribution in [0, 0.1) is 11.6 Å². The molecule has 3 nitrogen and oxygen atoms in total. The van der Waals surface area contributed by atoms with Crippen molar-refractivity contribution in [3.8, 4) is 0 Å². The fourth-order valence-electron chi connectivity index (χ4n) is 2.09. The average molecular weight is 318 g/mol. The molecule has 21 heavy (non-hydrogen) atoms. The highest BCUT2D eigenvalue weighted by Gasteiger charge is 2.38. The van der Waals surface area contributed by atoms with Gasteiger partial charge in [-0.25, -0.2) is 8.78 Å². The van der Waals surface area contributed by atoms with Crippen LogP contribution >= 0.6 is 0 Å². The van der Waals surface area contributed by atoms with Crippen LogP contribution in [0.25, 0.3) is 0 Å². The molecule has 1 N–H and O–H groups in total. The van der Waals surface area contributed by atoms with Crippen LogP contribution in [0.4, 0.5) is 8.78 Å². The second kappa shape index (κ2) is 7.98. The molecule has 0 spiro atoms. The third-order valence-electron chi connectivity index (χ3n) is 2.78. The molecular weight excluding hydrogens is 294 g/mol. The zero-order chi connectivity index (χ0) is 16.0. The molecule has 0 aliphatic heterocycles. The van der Waals surface area contributed by atoms with E-state index in [4.69, 9.17) is 8.85 Å². The van der Waals surface area contributed by atoms with E-state index in [0.29, 0.717) is 24.4 Å². The first-order valence-corrected chi connectivity index (χ1v) is 9.21. The van der Waals surface area contributed by atoms with Gasteiger partial charge in [-0.1, -0.05) is 6.07 Å². The van der Waals surface area contributed by atoms with E-state index >= 15 is 0 Å². The third-order valence-corrected chi connectivity index (χ3v) is 5.45. The summed E-state index contributed by atoms with van der Waals surface area (Å²) in [7, 11) is -3.22. The molecule has 1 rings (SSSR count). The van der Waals surface area contributed by atoms with Crippen LogP contribution in [0.3, 0.4) is 0 Å². The summed E-state index contributed by atoms with van der Waals surface area (Å²) in [6.45, 7) is 7.38. The predicted octanol–water partition coefficient (Wildman–Crippen LogP) is 3.68. The quantitative estimate of drug-likeness (QED) is 0.743. The smallest absolute Gasteiger partial charge is 0.390 e. The molecule has 0 bridgehead atoms. The number of benzene rings is 1. The van der Waals surface area contributed by atoms with E-state index in [1.165, 1.54) is 6.07 Å². The Morgan fingerprint density at radius 3 is 2.10 bits per heavy atom. The van der Waals surface area contributed by atoms with E-state index in [-0.39, 0.29) is 12.2 Å². The summed E-state index contributed by atoms with van der Waals surface area (Å²) >= 11 is 0. The van der Waals surface area contributed by atoms with Gasteiger partial charge >= 0.3 is 8.80 Å². The summed E-state index contributed by atoms with van der Waals surface area (Å²) < 4.78 is 37.1. The van der Waals surface area contributed by atoms with Crippen LogP contribution in [0.5, 0.6) is 0 Å². The number of rotatable bonds is 8. The maximum absolute atomic E-state index is 13.1. The van der Waals surface area contributed by atoms with Crippen molar-refractivity contribution in [1.29, 1.82) is 0 Å². The molecule has 0 aliphatic carbocycles. The molecule has 0 atom stereocenters. The Hall–Kier alpha value is -0.823. The summed E-state index contributed by atoms with van der Waals surface area (Å²) in [5, 5.41) is 0. The number of hydrogen-bond acceptors (Lipinski definition) is 3. The lowest BCUT2D eigenvalue weighted by Crippen LogP contribution is -2.46. The van der Waals surface area contributed by atoms with Crippen molar-refractivity contribution >= 4 is 8.80 Å². The molecule has 0 unspecified atom stereocenters. The minimum Gasteiger partial charge on any atom is -0.390 e. The Kier molecular flexibility index (Phi) is 6.93. The van der Waals surface area contributed by atoms with Gasteiger partial charge in [-0.3, -0.25) is 0 Å². The molecule has 0 radical (unpaired) electrons. The van der Waals surface area contributed by atoms with Crippen molar-refractivity contribution < 1.29 is 22.4 Å². The topological polar surface area (TPSA) is 38.7 Å². The molecule has 1 aromatic rings. The molecule has 0 fully saturated rings. The maximum atomic E-state index is 13.1. The van der Waals surface area contributed by atoms with Crippen LogP contribution in [-0.4, -0.2) is 25.8 Å². The zero-order valence-electron chi connectivity index (χ0n) is 13.0. The molecule has 0 saturated heterocycles. The van der Waals surface area contributed by atoms with Crippen LogP contribution in [0.2, 0.25) is 6.04 Å². The molecule has 0 heterocycles. The fourth-order valence-corrected chi connectivity index (χ4v) is 4.48. The van der Waals surface area contributed by atoms with Crippen molar-refractivity contribution in [1.82, 2.24) is 0 Å². The second-order valence-electron chi connectivity index (χ2n) is 5.65. The van der Waals surface area contributed by atoms with E-state index in [2.05, 4.69) is 0 Å². The fraction of sp³-hybridized carbons (Fsp3) is 0.600. The van der Waals surface area contributed by atoms with E-state index < -0.39 is 20.4 Å². The Balaban J connectivity index is 2.58. The van der Waals surface area contributed by atoms with Crippen LogP contribution in [0.1, 0.15) is 39.7 Å². The summed E-state index contributed by atoms with van der Waals surface area (Å²) in [6.07, 6.45) is 0.884. The van der Waals surface area contributed by atoms with Crippen LogP contribution in [0.15, 0.2) is 18.2 Å². The van der Waals surface area contributed by atoms with Gasteiger partial charge in [-0.05, 0) is 58.2 Å². The summed E-state index contributed by atoms with van der Waals surface area (Å²) in [5.74, 6) is -1.70. The van der Waals surface area contributed by atoms with E-state index in [1.54, 1.807) is 6.07 Å². The van der Waals surface area contributed by atoms with Crippen molar-refractivity contribution in [3.63, 3.8) is 0 Å². The van der Waals surface area contributed by atoms with Crippen molar-refractivity contribution in [3.05, 3.63) is 35.4 Å². The normalized spacial score (nSPS) is 12.4. The largest absolute Gasteiger partial charge is 0.498 e. The van der Waals surface area contributed by atoms with Crippen molar-refractivity contribution in [2.24, 2.45) is 0 Å². The highest BCUT2D eigenvalue weighted by atomic mass is 28.4. The Morgan fingerprint density at radius 2 is 1.62 bits per heavy atom. The monoisotopic (exact) mass is 318 g/mol. The molecule has 120 valence electrons. The second-order valence-corrected chi connectivity index (χ2v) is 8.04. The van der Waals surface area contributed by atoms with Crippen LogP contribution < -0.4 is 0 Å². The first-order valence-electron chi connectivity index (χ1n) is 7.24. The predicted molar refractivity (Wildman–Crippen MR) is 79.9 cm³/mol. The van der Waals surface area contributed by atoms with Gasteiger partial charge in [0.25, 0.3) is 0 Å². The third kappa shape index (κ3) is 6.65. The Labute approximate surface area is 126 Å². The summed E-state index contributed by atoms with van der Waals surface area (Å²) in [4.78, 5) is 10.5. The first-order chi connectivity index (χ1) is 9.72. The van der Waals surface area contributed by atoms with E-state index in [1.807, 2.05) is 27.7 Å². The lowest BCUT2D eigenvalue weighted by Gasteiger charge is -2.28. The molecule has 0 aromatic heterocycles. The Bertz CT molecular complexity index is 443. The SMILES string of the molecule is CC(C)O[Si](O)(CCCc1ccc(F)c(F)c1)OC(C)C. The minimum atomic E-state index is -3.22. The van der Waals surface area contributed by atoms with Gasteiger partial charge in [0.15, 0.2) is 11.6 Å². The number of aryl methyl sites for hydroxylation is 1. The molecule has 0 aliphatic rings. The highest BCUT2D eigenvalue weighted by molar-refractivity contribution is 6.59. The lowest BCUT2D eigenvalue weighted by molar-refractivity contribution is 0.0474. The Morgan fingerprint density at radius 1 is 1.05 bits per heavy atom. The van der Waals surface area contributed by atoms with Gasteiger partial charge in [-0.2, -0.15) is 0 Å². The zero-order valence-corrected chi connectivity index (χ0v) is 14.0. The molecule has 0 saturated carbocycles. The summed E-state index contributed by atoms with van der Waals surface area (Å²) in [6, 6.07) is 4.24. The highest BCUT2D eigenvalue weighted by Crippen LogP contribution is 2.19. The average Bonchev–Trinajstić information content (AvgIpc) is 2.31. The number of hydrogen-bond donors (Lipinski definition) is 1. The molecule has 1 aromatic carbocycles. The summed E-state index contributed by atoms with van der Waals surface area (Å²) in [5.41, 5.74) is 0.694. The molecule has 0 amide bonds. The van der Waals surface area contributed by atoms with Gasteiger partial charge in [0.05, 0.1) is 0 Å². The number of halogens is 2. The van der Waals surface area contributed by atoms with Gasteiger partial charge in [-0.15, -0.1) is 0 Å². The van der Waals surface area contributed by atoms with Crippen molar-refractivity contribution in [2.75, 3.05) is 0 Å². The molecule has 6 heteroatoms. The first kappa shape index (κ1) is 18.2.